The van der Waals surface area contributed by atoms with Crippen LogP contribution in [0.25, 0.3) is 0 Å². The van der Waals surface area contributed by atoms with Crippen molar-refractivity contribution in [1.29, 1.82) is 0 Å². The Labute approximate surface area is 102 Å². The predicted octanol–water partition coefficient (Wildman–Crippen LogP) is 1.58. The Morgan fingerprint density at radius 3 is 2.29 bits per heavy atom. The molecule has 94 valence electrons. The molecule has 1 amide bonds. The number of hydrogen-bond donors (Lipinski definition) is 1. The number of ether oxygens (including phenoxy) is 1. The van der Waals surface area contributed by atoms with E-state index in [-0.39, 0.29) is 5.91 Å². The molecule has 4 nitrogen and oxygen atoms in total. The first kappa shape index (κ1) is 13.5. The molecule has 0 atom stereocenters. The van der Waals surface area contributed by atoms with Gasteiger partial charge in [-0.25, -0.2) is 5.84 Å². The highest BCUT2D eigenvalue weighted by Crippen LogP contribution is 2.24. The van der Waals surface area contributed by atoms with Crippen molar-refractivity contribution in [3.05, 3.63) is 28.8 Å². The molecule has 0 radical (unpaired) electrons. The number of nitrogens with zero attached hydrogens (tertiary/aromatic N) is 1. The van der Waals surface area contributed by atoms with Gasteiger partial charge in [-0.15, -0.1) is 0 Å². The molecular weight excluding hydrogens is 216 g/mol. The first-order valence-electron chi connectivity index (χ1n) is 5.61. The van der Waals surface area contributed by atoms with Crippen LogP contribution in [0.4, 0.5) is 0 Å². The monoisotopic (exact) mass is 236 g/mol. The van der Waals surface area contributed by atoms with Crippen molar-refractivity contribution in [2.45, 2.75) is 26.7 Å². The molecule has 17 heavy (non-hydrogen) atoms. The number of methoxy groups -OCH3 is 1. The Morgan fingerprint density at radius 1 is 1.35 bits per heavy atom. The highest BCUT2D eigenvalue weighted by molar-refractivity contribution is 5.75. The Hall–Kier alpha value is -1.55. The van der Waals surface area contributed by atoms with Crippen LogP contribution in [0, 0.1) is 13.8 Å². The highest BCUT2D eigenvalue weighted by atomic mass is 16.5. The second kappa shape index (κ2) is 5.68. The summed E-state index contributed by atoms with van der Waals surface area (Å²) in [5, 5.41) is 1.13. The third-order valence-electron chi connectivity index (χ3n) is 2.75. The summed E-state index contributed by atoms with van der Waals surface area (Å²) in [6.45, 7) is 4.01. The van der Waals surface area contributed by atoms with E-state index < -0.39 is 0 Å². The lowest BCUT2D eigenvalue weighted by molar-refractivity contribution is -0.130. The van der Waals surface area contributed by atoms with E-state index in [9.17, 15) is 4.79 Å². The number of carbonyl (C=O) groups is 1. The molecule has 0 aliphatic heterocycles. The van der Waals surface area contributed by atoms with E-state index in [1.807, 2.05) is 13.8 Å². The first-order chi connectivity index (χ1) is 7.95. The summed E-state index contributed by atoms with van der Waals surface area (Å²) in [6, 6.07) is 4.10. The van der Waals surface area contributed by atoms with Crippen LogP contribution in [-0.4, -0.2) is 25.1 Å². The molecule has 1 aromatic carbocycles. The van der Waals surface area contributed by atoms with Gasteiger partial charge in [0.05, 0.1) is 7.11 Å². The summed E-state index contributed by atoms with van der Waals surface area (Å²) in [5.41, 5.74) is 3.32. The van der Waals surface area contributed by atoms with E-state index in [1.54, 1.807) is 14.2 Å². The van der Waals surface area contributed by atoms with Crippen molar-refractivity contribution in [2.75, 3.05) is 14.2 Å². The molecule has 0 heterocycles. The van der Waals surface area contributed by atoms with Crippen LogP contribution in [0.1, 0.15) is 23.1 Å². The Balaban J connectivity index is 2.77. The molecular formula is C13H20N2O2. The molecule has 0 saturated carbocycles. The van der Waals surface area contributed by atoms with Gasteiger partial charge in [-0.05, 0) is 37.0 Å². The van der Waals surface area contributed by atoms with Crippen molar-refractivity contribution in [3.8, 4) is 5.75 Å². The van der Waals surface area contributed by atoms with E-state index in [0.717, 1.165) is 27.4 Å². The predicted molar refractivity (Wildman–Crippen MR) is 67.7 cm³/mol. The lowest BCUT2D eigenvalue weighted by Gasteiger charge is -2.12. The van der Waals surface area contributed by atoms with Crippen LogP contribution in [0.5, 0.6) is 5.75 Å². The lowest BCUT2D eigenvalue weighted by atomic mass is 10.0. The molecule has 0 fully saturated rings. The van der Waals surface area contributed by atoms with Gasteiger partial charge in [-0.1, -0.05) is 12.1 Å². The summed E-state index contributed by atoms with van der Waals surface area (Å²) in [7, 11) is 3.23. The van der Waals surface area contributed by atoms with Crippen LogP contribution in [0.15, 0.2) is 12.1 Å². The van der Waals surface area contributed by atoms with E-state index in [4.69, 9.17) is 10.6 Å². The fraction of sp³-hybridized carbons (Fsp3) is 0.462. The van der Waals surface area contributed by atoms with Gasteiger partial charge in [0.2, 0.25) is 5.91 Å². The summed E-state index contributed by atoms with van der Waals surface area (Å²) in [5.74, 6) is 6.22. The third kappa shape index (κ3) is 3.46. The van der Waals surface area contributed by atoms with Gasteiger partial charge in [0.25, 0.3) is 0 Å². The van der Waals surface area contributed by atoms with Gasteiger partial charge in [-0.2, -0.15) is 0 Å². The molecule has 1 aromatic rings. The van der Waals surface area contributed by atoms with E-state index in [0.29, 0.717) is 12.8 Å². The van der Waals surface area contributed by atoms with E-state index >= 15 is 0 Å². The maximum absolute atomic E-state index is 11.4. The molecule has 0 unspecified atom stereocenters. The number of benzene rings is 1. The summed E-state index contributed by atoms with van der Waals surface area (Å²) in [6.07, 6.45) is 1.13. The Bertz CT molecular complexity index is 391. The van der Waals surface area contributed by atoms with Gasteiger partial charge in [0, 0.05) is 13.5 Å². The van der Waals surface area contributed by atoms with Gasteiger partial charge in [0.15, 0.2) is 0 Å². The second-order valence-electron chi connectivity index (χ2n) is 4.27. The average Bonchev–Trinajstić information content (AvgIpc) is 2.25. The molecule has 2 N–H and O–H groups in total. The molecule has 0 aromatic heterocycles. The van der Waals surface area contributed by atoms with Gasteiger partial charge in [0.1, 0.15) is 5.75 Å². The molecule has 0 bridgehead atoms. The molecule has 0 spiro atoms. The van der Waals surface area contributed by atoms with Crippen molar-refractivity contribution < 1.29 is 9.53 Å². The van der Waals surface area contributed by atoms with Gasteiger partial charge in [-0.3, -0.25) is 9.80 Å². The number of hydrazine groups is 1. The number of rotatable bonds is 4. The maximum Gasteiger partial charge on any atom is 0.236 e. The van der Waals surface area contributed by atoms with Crippen molar-refractivity contribution >= 4 is 5.91 Å². The van der Waals surface area contributed by atoms with Crippen LogP contribution in [0.3, 0.4) is 0 Å². The molecule has 4 heteroatoms. The number of amides is 1. The molecule has 0 saturated heterocycles. The number of hydrogen-bond acceptors (Lipinski definition) is 3. The first-order valence-corrected chi connectivity index (χ1v) is 5.61. The minimum atomic E-state index is -0.0591. The zero-order valence-electron chi connectivity index (χ0n) is 10.9. The average molecular weight is 236 g/mol. The van der Waals surface area contributed by atoms with E-state index in [1.165, 1.54) is 0 Å². The van der Waals surface area contributed by atoms with Crippen molar-refractivity contribution in [3.63, 3.8) is 0 Å². The number of nitrogens with two attached hydrogens (primary N) is 1. The minimum Gasteiger partial charge on any atom is -0.496 e. The van der Waals surface area contributed by atoms with Gasteiger partial charge < -0.3 is 4.74 Å². The zero-order chi connectivity index (χ0) is 13.0. The lowest BCUT2D eigenvalue weighted by Crippen LogP contribution is -2.33. The number of carbonyl (C=O) groups excluding carboxylic acids is 1. The number of aryl methyl sites for hydroxylation is 3. The quantitative estimate of drug-likeness (QED) is 0.490. The van der Waals surface area contributed by atoms with Crippen LogP contribution < -0.4 is 10.6 Å². The highest BCUT2D eigenvalue weighted by Gasteiger charge is 2.08. The second-order valence-corrected chi connectivity index (χ2v) is 4.27. The Morgan fingerprint density at radius 2 is 1.88 bits per heavy atom. The topological polar surface area (TPSA) is 55.6 Å². The van der Waals surface area contributed by atoms with Crippen LogP contribution in [-0.2, 0) is 11.2 Å². The summed E-state index contributed by atoms with van der Waals surface area (Å²) >= 11 is 0. The SMILES string of the molecule is COc1c(C)cc(CCC(=O)N(C)N)cc1C. The van der Waals surface area contributed by atoms with Crippen molar-refractivity contribution in [2.24, 2.45) is 5.84 Å². The Kier molecular flexibility index (Phi) is 4.52. The zero-order valence-corrected chi connectivity index (χ0v) is 10.9. The normalized spacial score (nSPS) is 10.2. The summed E-state index contributed by atoms with van der Waals surface area (Å²) < 4.78 is 5.30. The van der Waals surface area contributed by atoms with Crippen LogP contribution in [0.2, 0.25) is 0 Å². The summed E-state index contributed by atoms with van der Waals surface area (Å²) in [4.78, 5) is 11.4. The minimum absolute atomic E-state index is 0.0591. The molecule has 0 aliphatic carbocycles. The maximum atomic E-state index is 11.4. The fourth-order valence-corrected chi connectivity index (χ4v) is 1.93. The van der Waals surface area contributed by atoms with Crippen molar-refractivity contribution in [1.82, 2.24) is 5.01 Å². The largest absolute Gasteiger partial charge is 0.496 e. The molecule has 0 aliphatic rings. The smallest absolute Gasteiger partial charge is 0.236 e. The van der Waals surface area contributed by atoms with E-state index in [2.05, 4.69) is 12.1 Å². The molecule has 1 rings (SSSR count). The van der Waals surface area contributed by atoms with Crippen LogP contribution >= 0.6 is 0 Å². The van der Waals surface area contributed by atoms with Gasteiger partial charge >= 0.3 is 0 Å². The fourth-order valence-electron chi connectivity index (χ4n) is 1.93. The standard InChI is InChI=1S/C13H20N2O2/c1-9-7-11(5-6-12(16)15(3)14)8-10(2)13(9)17-4/h7-8H,5-6,14H2,1-4H3. The third-order valence-corrected chi connectivity index (χ3v) is 2.75.